The van der Waals surface area contributed by atoms with Gasteiger partial charge in [-0.15, -0.1) is 0 Å². The van der Waals surface area contributed by atoms with Crippen LogP contribution in [0.3, 0.4) is 0 Å². The molecule has 1 N–H and O–H groups in total. The van der Waals surface area contributed by atoms with Gasteiger partial charge in [-0.25, -0.2) is 22.7 Å². The second-order valence-electron chi connectivity index (χ2n) is 6.32. The number of aryl methyl sites for hydroxylation is 1. The summed E-state index contributed by atoms with van der Waals surface area (Å²) in [6.45, 7) is 3.01. The summed E-state index contributed by atoms with van der Waals surface area (Å²) in [7, 11) is -1.26. The zero-order valence-corrected chi connectivity index (χ0v) is 15.4. The number of nitrogens with zero attached hydrogens (tertiary/aromatic N) is 5. The molecule has 0 spiro atoms. The molecule has 3 rings (SSSR count). The molecular formula is C16H24N6O2S. The van der Waals surface area contributed by atoms with Crippen LogP contribution in [0.1, 0.15) is 37.8 Å². The molecule has 1 fully saturated rings. The molecule has 2 aromatic heterocycles. The fourth-order valence-corrected chi connectivity index (χ4v) is 4.63. The van der Waals surface area contributed by atoms with Crippen LogP contribution in [0.2, 0.25) is 0 Å². The predicted molar refractivity (Wildman–Crippen MR) is 96.1 cm³/mol. The maximum absolute atomic E-state index is 12.2. The smallest absolute Gasteiger partial charge is 0.227 e. The zero-order chi connectivity index (χ0) is 17.9. The fourth-order valence-electron chi connectivity index (χ4n) is 3.09. The van der Waals surface area contributed by atoms with E-state index >= 15 is 0 Å². The summed E-state index contributed by atoms with van der Waals surface area (Å²) in [5.74, 6) is 1.02. The SMILES string of the molecule is CCCS(=O)(=O)N1CCC(c2ccnc(Nc3cnn(C)c3)n2)CC1. The minimum Gasteiger partial charge on any atom is -0.321 e. The number of anilines is 2. The lowest BCUT2D eigenvalue weighted by Gasteiger charge is -2.30. The van der Waals surface area contributed by atoms with Crippen molar-refractivity contribution in [2.24, 2.45) is 7.05 Å². The van der Waals surface area contributed by atoms with Crippen LogP contribution in [0.25, 0.3) is 0 Å². The van der Waals surface area contributed by atoms with Crippen molar-refractivity contribution < 1.29 is 8.42 Å². The van der Waals surface area contributed by atoms with Crippen LogP contribution in [-0.2, 0) is 17.1 Å². The highest BCUT2D eigenvalue weighted by atomic mass is 32.2. The molecule has 0 amide bonds. The van der Waals surface area contributed by atoms with Gasteiger partial charge in [0.1, 0.15) is 0 Å². The summed E-state index contributed by atoms with van der Waals surface area (Å²) in [6, 6.07) is 1.91. The first kappa shape index (κ1) is 17.8. The van der Waals surface area contributed by atoms with Crippen molar-refractivity contribution in [3.8, 4) is 0 Å². The third-order valence-corrected chi connectivity index (χ3v) is 6.44. The Kier molecular flexibility index (Phi) is 5.33. The lowest BCUT2D eigenvalue weighted by atomic mass is 9.94. The van der Waals surface area contributed by atoms with E-state index in [0.717, 1.165) is 24.2 Å². The van der Waals surface area contributed by atoms with E-state index in [1.807, 2.05) is 26.2 Å². The monoisotopic (exact) mass is 364 g/mol. The number of sulfonamides is 1. The fraction of sp³-hybridized carbons (Fsp3) is 0.562. The second kappa shape index (κ2) is 7.49. The third-order valence-electron chi connectivity index (χ3n) is 4.37. The maximum Gasteiger partial charge on any atom is 0.227 e. The average Bonchev–Trinajstić information content (AvgIpc) is 3.00. The quantitative estimate of drug-likeness (QED) is 0.841. The van der Waals surface area contributed by atoms with Gasteiger partial charge >= 0.3 is 0 Å². The molecule has 0 saturated carbocycles. The first-order valence-electron chi connectivity index (χ1n) is 8.54. The lowest BCUT2D eigenvalue weighted by Crippen LogP contribution is -2.39. The van der Waals surface area contributed by atoms with Gasteiger partial charge < -0.3 is 5.32 Å². The molecule has 25 heavy (non-hydrogen) atoms. The zero-order valence-electron chi connectivity index (χ0n) is 14.6. The molecular weight excluding hydrogens is 340 g/mol. The minimum absolute atomic E-state index is 0.227. The second-order valence-corrected chi connectivity index (χ2v) is 8.41. The van der Waals surface area contributed by atoms with Crippen LogP contribution in [0.5, 0.6) is 0 Å². The van der Waals surface area contributed by atoms with Crippen LogP contribution in [0.15, 0.2) is 24.7 Å². The van der Waals surface area contributed by atoms with Crippen molar-refractivity contribution in [2.75, 3.05) is 24.2 Å². The van der Waals surface area contributed by atoms with E-state index < -0.39 is 10.0 Å². The van der Waals surface area contributed by atoms with Gasteiger partial charge in [-0.2, -0.15) is 5.10 Å². The summed E-state index contributed by atoms with van der Waals surface area (Å²) in [5.41, 5.74) is 1.79. The number of hydrogen-bond donors (Lipinski definition) is 1. The molecule has 0 aliphatic carbocycles. The van der Waals surface area contributed by atoms with Gasteiger partial charge in [-0.3, -0.25) is 4.68 Å². The first-order chi connectivity index (χ1) is 12.0. The molecule has 0 aromatic carbocycles. The molecule has 3 heterocycles. The summed E-state index contributed by atoms with van der Waals surface area (Å²) in [5, 5.41) is 7.25. The molecule has 136 valence electrons. The highest BCUT2D eigenvalue weighted by Crippen LogP contribution is 2.28. The Morgan fingerprint density at radius 2 is 2.08 bits per heavy atom. The Labute approximate surface area is 148 Å². The van der Waals surface area contributed by atoms with Crippen LogP contribution >= 0.6 is 0 Å². The Morgan fingerprint density at radius 3 is 2.72 bits per heavy atom. The molecule has 0 radical (unpaired) electrons. The molecule has 0 unspecified atom stereocenters. The highest BCUT2D eigenvalue weighted by molar-refractivity contribution is 7.89. The topological polar surface area (TPSA) is 93.0 Å². The van der Waals surface area contributed by atoms with Gasteiger partial charge in [0.2, 0.25) is 16.0 Å². The molecule has 2 aromatic rings. The maximum atomic E-state index is 12.2. The first-order valence-corrected chi connectivity index (χ1v) is 10.2. The number of hydrogen-bond acceptors (Lipinski definition) is 6. The minimum atomic E-state index is -3.11. The van der Waals surface area contributed by atoms with Crippen molar-refractivity contribution >= 4 is 21.7 Å². The highest BCUT2D eigenvalue weighted by Gasteiger charge is 2.28. The van der Waals surface area contributed by atoms with Gasteiger partial charge in [0.15, 0.2) is 0 Å². The Morgan fingerprint density at radius 1 is 1.32 bits per heavy atom. The number of piperidine rings is 1. The summed E-state index contributed by atoms with van der Waals surface area (Å²) >= 11 is 0. The van der Waals surface area contributed by atoms with Crippen LogP contribution in [-0.4, -0.2) is 51.3 Å². The van der Waals surface area contributed by atoms with Crippen molar-refractivity contribution in [1.82, 2.24) is 24.1 Å². The van der Waals surface area contributed by atoms with E-state index in [1.54, 1.807) is 21.4 Å². The van der Waals surface area contributed by atoms with Crippen molar-refractivity contribution in [3.05, 3.63) is 30.4 Å². The molecule has 0 atom stereocenters. The molecule has 1 saturated heterocycles. The van der Waals surface area contributed by atoms with Gasteiger partial charge in [-0.05, 0) is 25.3 Å². The molecule has 1 aliphatic heterocycles. The molecule has 0 bridgehead atoms. The van der Waals surface area contributed by atoms with Gasteiger partial charge in [0.25, 0.3) is 0 Å². The van der Waals surface area contributed by atoms with Crippen LogP contribution in [0.4, 0.5) is 11.6 Å². The number of nitrogens with one attached hydrogen (secondary N) is 1. The number of aromatic nitrogens is 4. The summed E-state index contributed by atoms with van der Waals surface area (Å²) < 4.78 is 27.7. The van der Waals surface area contributed by atoms with Crippen LogP contribution in [0, 0.1) is 0 Å². The van der Waals surface area contributed by atoms with E-state index in [0.29, 0.717) is 25.5 Å². The summed E-state index contributed by atoms with van der Waals surface area (Å²) in [4.78, 5) is 8.85. The standard InChI is InChI=1S/C16H24N6O2S/c1-3-10-25(23,24)22-8-5-13(6-9-22)15-4-7-17-16(20-15)19-14-11-18-21(2)12-14/h4,7,11-13H,3,5-6,8-10H2,1-2H3,(H,17,19,20). The van der Waals surface area contributed by atoms with E-state index in [9.17, 15) is 8.42 Å². The predicted octanol–water partition coefficient (Wildman–Crippen LogP) is 1.87. The van der Waals surface area contributed by atoms with Crippen molar-refractivity contribution in [2.45, 2.75) is 32.1 Å². The normalized spacial score (nSPS) is 16.9. The van der Waals surface area contributed by atoms with E-state index in [4.69, 9.17) is 0 Å². The van der Waals surface area contributed by atoms with Crippen molar-refractivity contribution in [1.29, 1.82) is 0 Å². The Hall–Kier alpha value is -2.00. The molecule has 9 heteroatoms. The van der Waals surface area contributed by atoms with Gasteiger partial charge in [0.05, 0.1) is 17.6 Å². The van der Waals surface area contributed by atoms with Crippen LogP contribution < -0.4 is 5.32 Å². The molecule has 1 aliphatic rings. The average molecular weight is 364 g/mol. The largest absolute Gasteiger partial charge is 0.321 e. The lowest BCUT2D eigenvalue weighted by molar-refractivity contribution is 0.316. The van der Waals surface area contributed by atoms with E-state index in [2.05, 4.69) is 20.4 Å². The Balaban J connectivity index is 1.64. The van der Waals surface area contributed by atoms with Crippen molar-refractivity contribution in [3.63, 3.8) is 0 Å². The Bertz CT molecular complexity index is 812. The van der Waals surface area contributed by atoms with Gasteiger partial charge in [0, 0.05) is 44.1 Å². The van der Waals surface area contributed by atoms with E-state index in [-0.39, 0.29) is 11.7 Å². The number of rotatable bonds is 6. The van der Waals surface area contributed by atoms with Gasteiger partial charge in [-0.1, -0.05) is 6.92 Å². The third kappa shape index (κ3) is 4.35. The van der Waals surface area contributed by atoms with E-state index in [1.165, 1.54) is 0 Å². The summed E-state index contributed by atoms with van der Waals surface area (Å²) in [6.07, 6.45) is 7.53. The molecule has 8 nitrogen and oxygen atoms in total.